The number of methoxy groups -OCH3 is 1. The Morgan fingerprint density at radius 3 is 2.54 bits per heavy atom. The van der Waals surface area contributed by atoms with E-state index in [0.717, 1.165) is 30.6 Å². The topological polar surface area (TPSA) is 120 Å². The lowest BCUT2D eigenvalue weighted by Gasteiger charge is -2.41. The maximum Gasteiger partial charge on any atom is 0.410 e. The number of imidazole rings is 1. The van der Waals surface area contributed by atoms with Crippen molar-refractivity contribution >= 4 is 29.4 Å². The van der Waals surface area contributed by atoms with E-state index in [1.807, 2.05) is 39.9 Å². The normalized spacial score (nSPS) is 20.6. The third kappa shape index (κ3) is 6.48. The maximum absolute atomic E-state index is 14.4. The highest BCUT2D eigenvalue weighted by Gasteiger charge is 2.50. The van der Waals surface area contributed by atoms with Crippen LogP contribution in [0.4, 0.5) is 10.5 Å². The van der Waals surface area contributed by atoms with Gasteiger partial charge in [0.1, 0.15) is 23.3 Å². The van der Waals surface area contributed by atoms with E-state index >= 15 is 0 Å². The molecular formula is C29H33N5O6S. The van der Waals surface area contributed by atoms with Crippen LogP contribution in [-0.4, -0.2) is 67.8 Å². The first-order chi connectivity index (χ1) is 19.9. The summed E-state index contributed by atoms with van der Waals surface area (Å²) in [4.78, 5) is 45.7. The molecule has 0 aliphatic carbocycles. The largest absolute Gasteiger partial charge is 0.497 e. The summed E-state index contributed by atoms with van der Waals surface area (Å²) in [6, 6.07) is 13.7. The smallest absolute Gasteiger partial charge is 0.410 e. The summed E-state index contributed by atoms with van der Waals surface area (Å²) in [6.07, 6.45) is 8.07. The van der Waals surface area contributed by atoms with Crippen LogP contribution >= 0.6 is 11.8 Å². The van der Waals surface area contributed by atoms with Gasteiger partial charge in [0.25, 0.3) is 5.69 Å². The number of carbonyl (C=O) groups is 2. The monoisotopic (exact) mass is 579 g/mol. The van der Waals surface area contributed by atoms with Crippen LogP contribution in [-0.2, 0) is 21.9 Å². The molecular weight excluding hydrogens is 546 g/mol. The fraction of sp³-hybridized carbons (Fsp3) is 0.414. The molecule has 3 heterocycles. The van der Waals surface area contributed by atoms with Gasteiger partial charge in [-0.05, 0) is 61.1 Å². The van der Waals surface area contributed by atoms with E-state index in [2.05, 4.69) is 4.98 Å². The van der Waals surface area contributed by atoms with Gasteiger partial charge >= 0.3 is 6.09 Å². The number of non-ortho nitro benzene ring substituents is 1. The second kappa shape index (κ2) is 12.6. The number of piperidine rings is 1. The summed E-state index contributed by atoms with van der Waals surface area (Å²) in [5, 5.41) is 10.9. The molecule has 2 saturated heterocycles. The summed E-state index contributed by atoms with van der Waals surface area (Å²) < 4.78 is 12.0. The number of likely N-dealkylation sites (tertiary alicyclic amines) is 2. The number of rotatable bonds is 9. The van der Waals surface area contributed by atoms with Crippen LogP contribution in [0.1, 0.15) is 43.0 Å². The van der Waals surface area contributed by atoms with E-state index in [1.165, 1.54) is 12.1 Å². The second-order valence-electron chi connectivity index (χ2n) is 10.3. The molecule has 12 heteroatoms. The van der Waals surface area contributed by atoms with Crippen LogP contribution < -0.4 is 4.74 Å². The minimum absolute atomic E-state index is 0.0118. The van der Waals surface area contributed by atoms with Crippen molar-refractivity contribution in [3.63, 3.8) is 0 Å². The zero-order chi connectivity index (χ0) is 28.8. The number of nitrogens with zero attached hydrogens (tertiary/aromatic N) is 5. The Morgan fingerprint density at radius 1 is 1.10 bits per heavy atom. The number of carbonyl (C=O) groups excluding carboxylic acids is 2. The Morgan fingerprint density at radius 2 is 1.85 bits per heavy atom. The number of hydrogen-bond donors (Lipinski definition) is 0. The van der Waals surface area contributed by atoms with Crippen molar-refractivity contribution < 1.29 is 24.0 Å². The number of nitro benzene ring substituents is 1. The van der Waals surface area contributed by atoms with Crippen LogP contribution in [0.25, 0.3) is 0 Å². The molecule has 1 aromatic heterocycles. The molecule has 2 atom stereocenters. The highest BCUT2D eigenvalue weighted by atomic mass is 32.2. The number of benzene rings is 2. The van der Waals surface area contributed by atoms with Crippen molar-refractivity contribution in [1.29, 1.82) is 0 Å². The Labute approximate surface area is 242 Å². The van der Waals surface area contributed by atoms with Crippen molar-refractivity contribution in [1.82, 2.24) is 19.4 Å². The summed E-state index contributed by atoms with van der Waals surface area (Å²) in [5.41, 5.74) is 1.69. The average Bonchev–Trinajstić information content (AvgIpc) is 3.71. The number of thioether (sulfide) groups is 1. The predicted octanol–water partition coefficient (Wildman–Crippen LogP) is 5.03. The standard InChI is InChI=1S/C29H33N5O6S/c1-39-25-11-7-23(8-12-25)19-41-29(27(35)33-15-3-2-4-26(33)32-17-14-30-21-32)13-16-31(20-29)28(36)40-18-22-5-9-24(10-6-22)34(37)38/h5-12,14,17,21,26H,2-4,13,15-16,18-20H2,1H3. The summed E-state index contributed by atoms with van der Waals surface area (Å²) >= 11 is 1.57. The van der Waals surface area contributed by atoms with Gasteiger partial charge in [-0.2, -0.15) is 0 Å². The first-order valence-corrected chi connectivity index (χ1v) is 14.6. The van der Waals surface area contributed by atoms with Crippen molar-refractivity contribution in [2.75, 3.05) is 26.7 Å². The van der Waals surface area contributed by atoms with Crippen LogP contribution in [0.5, 0.6) is 5.75 Å². The molecule has 2 aliphatic heterocycles. The first-order valence-electron chi connectivity index (χ1n) is 13.6. The molecule has 216 valence electrons. The lowest BCUT2D eigenvalue weighted by molar-refractivity contribution is -0.384. The summed E-state index contributed by atoms with van der Waals surface area (Å²) in [7, 11) is 1.63. The molecule has 2 unspecified atom stereocenters. The van der Waals surface area contributed by atoms with E-state index in [9.17, 15) is 19.7 Å². The number of amides is 2. The Balaban J connectivity index is 1.32. The molecule has 2 aliphatic rings. The quantitative estimate of drug-likeness (QED) is 0.256. The first kappa shape index (κ1) is 28.5. The fourth-order valence-corrected chi connectivity index (χ4v) is 6.71. The lowest BCUT2D eigenvalue weighted by Crippen LogP contribution is -2.52. The van der Waals surface area contributed by atoms with Gasteiger partial charge in [-0.15, -0.1) is 11.8 Å². The second-order valence-corrected chi connectivity index (χ2v) is 11.6. The number of nitro groups is 1. The highest BCUT2D eigenvalue weighted by Crippen LogP contribution is 2.42. The minimum Gasteiger partial charge on any atom is -0.497 e. The molecule has 0 N–H and O–H groups in total. The average molecular weight is 580 g/mol. The fourth-order valence-electron chi connectivity index (χ4n) is 5.35. The molecule has 2 amide bonds. The van der Waals surface area contributed by atoms with Crippen molar-refractivity contribution in [3.05, 3.63) is 88.5 Å². The molecule has 3 aromatic rings. The van der Waals surface area contributed by atoms with E-state index in [-0.39, 0.29) is 30.9 Å². The molecule has 0 radical (unpaired) electrons. The third-order valence-electron chi connectivity index (χ3n) is 7.66. The molecule has 41 heavy (non-hydrogen) atoms. The van der Waals surface area contributed by atoms with Crippen LogP contribution in [0.2, 0.25) is 0 Å². The molecule has 2 fully saturated rings. The van der Waals surface area contributed by atoms with Crippen LogP contribution in [0.3, 0.4) is 0 Å². The number of hydrogen-bond acceptors (Lipinski definition) is 8. The van der Waals surface area contributed by atoms with Crippen molar-refractivity contribution in [2.24, 2.45) is 0 Å². The number of aromatic nitrogens is 2. The van der Waals surface area contributed by atoms with Gasteiger partial charge < -0.3 is 23.8 Å². The van der Waals surface area contributed by atoms with Crippen molar-refractivity contribution in [2.45, 2.75) is 49.0 Å². The van der Waals surface area contributed by atoms with Crippen LogP contribution in [0.15, 0.2) is 67.3 Å². The zero-order valence-electron chi connectivity index (χ0n) is 22.9. The van der Waals surface area contributed by atoms with E-state index in [1.54, 1.807) is 48.4 Å². The molecule has 5 rings (SSSR count). The SMILES string of the molecule is COc1ccc(CSC2(C(=O)N3CCCCC3n3ccnc3)CCN(C(=O)OCc3ccc([N+](=O)[O-])cc3)C2)cc1. The third-order valence-corrected chi connectivity index (χ3v) is 9.20. The summed E-state index contributed by atoms with van der Waals surface area (Å²) in [6.45, 7) is 1.27. The molecule has 0 saturated carbocycles. The zero-order valence-corrected chi connectivity index (χ0v) is 23.7. The Kier molecular flexibility index (Phi) is 8.77. The lowest BCUT2D eigenvalue weighted by atomic mass is 10.0. The maximum atomic E-state index is 14.4. The van der Waals surface area contributed by atoms with Gasteiger partial charge in [0.05, 0.1) is 18.4 Å². The summed E-state index contributed by atoms with van der Waals surface area (Å²) in [5.74, 6) is 1.40. The van der Waals surface area contributed by atoms with E-state index in [0.29, 0.717) is 30.8 Å². The molecule has 11 nitrogen and oxygen atoms in total. The van der Waals surface area contributed by atoms with Gasteiger partial charge in [0.2, 0.25) is 5.91 Å². The molecule has 0 bridgehead atoms. The van der Waals surface area contributed by atoms with Gasteiger partial charge in [0, 0.05) is 49.9 Å². The van der Waals surface area contributed by atoms with Crippen LogP contribution in [0, 0.1) is 10.1 Å². The van der Waals surface area contributed by atoms with Gasteiger partial charge in [-0.1, -0.05) is 12.1 Å². The number of ether oxygens (including phenoxy) is 2. The van der Waals surface area contributed by atoms with Gasteiger partial charge in [0.15, 0.2) is 0 Å². The van der Waals surface area contributed by atoms with Crippen molar-refractivity contribution in [3.8, 4) is 5.75 Å². The minimum atomic E-state index is -0.831. The van der Waals surface area contributed by atoms with E-state index < -0.39 is 15.8 Å². The Bertz CT molecular complexity index is 1350. The Hall–Kier alpha value is -4.06. The van der Waals surface area contributed by atoms with Gasteiger partial charge in [-0.3, -0.25) is 14.9 Å². The van der Waals surface area contributed by atoms with Gasteiger partial charge in [-0.25, -0.2) is 9.78 Å². The van der Waals surface area contributed by atoms with E-state index in [4.69, 9.17) is 9.47 Å². The predicted molar refractivity (Wildman–Crippen MR) is 153 cm³/mol. The molecule has 0 spiro atoms. The highest BCUT2D eigenvalue weighted by molar-refractivity contribution is 8.00. The molecule has 2 aromatic carbocycles.